The van der Waals surface area contributed by atoms with E-state index in [1.807, 2.05) is 37.3 Å². The number of carbonyl (C=O) groups is 3. The molecule has 0 fully saturated rings. The van der Waals surface area contributed by atoms with Crippen molar-refractivity contribution in [3.8, 4) is 0 Å². The second-order valence-corrected chi connectivity index (χ2v) is 6.08. The Hall–Kier alpha value is -2.67. The summed E-state index contributed by atoms with van der Waals surface area (Å²) in [5.74, 6) is -1.01. The highest BCUT2D eigenvalue weighted by atomic mass is 32.1. The van der Waals surface area contributed by atoms with Crippen LogP contribution in [0.4, 0.5) is 0 Å². The van der Waals surface area contributed by atoms with Gasteiger partial charge in [0.25, 0.3) is 5.91 Å². The lowest BCUT2D eigenvalue weighted by Crippen LogP contribution is -2.42. The van der Waals surface area contributed by atoms with E-state index in [4.69, 9.17) is 0 Å². The number of carbonyl (C=O) groups excluding carboxylic acids is 3. The Morgan fingerprint density at radius 3 is 2.33 bits per heavy atom. The first kappa shape index (κ1) is 17.7. The minimum absolute atomic E-state index is 0.134. The van der Waals surface area contributed by atoms with Crippen LogP contribution in [-0.4, -0.2) is 30.8 Å². The summed E-state index contributed by atoms with van der Waals surface area (Å²) in [7, 11) is 0. The monoisotopic (exact) mass is 345 g/mol. The molecule has 2 rings (SSSR count). The number of thiophene rings is 1. The molecule has 126 valence electrons. The SMILES string of the molecule is C[C@H](NC(=O)CNC(=O)CNC(=O)c1cccs1)c1ccccc1. The highest BCUT2D eigenvalue weighted by Gasteiger charge is 2.12. The van der Waals surface area contributed by atoms with Gasteiger partial charge in [0.1, 0.15) is 0 Å². The van der Waals surface area contributed by atoms with Crippen molar-refractivity contribution < 1.29 is 14.4 Å². The molecular formula is C17H19N3O3S. The summed E-state index contributed by atoms with van der Waals surface area (Å²) >= 11 is 1.30. The van der Waals surface area contributed by atoms with Gasteiger partial charge in [-0.2, -0.15) is 0 Å². The first-order chi connectivity index (χ1) is 11.6. The van der Waals surface area contributed by atoms with Crippen LogP contribution in [0.15, 0.2) is 47.8 Å². The predicted octanol–water partition coefficient (Wildman–Crippen LogP) is 1.47. The van der Waals surface area contributed by atoms with Crippen molar-refractivity contribution in [2.24, 2.45) is 0 Å². The molecule has 1 atom stereocenters. The molecule has 2 aromatic rings. The molecule has 1 heterocycles. The zero-order chi connectivity index (χ0) is 17.4. The van der Waals surface area contributed by atoms with E-state index >= 15 is 0 Å². The molecule has 0 unspecified atom stereocenters. The minimum Gasteiger partial charge on any atom is -0.348 e. The van der Waals surface area contributed by atoms with Crippen LogP contribution in [0.5, 0.6) is 0 Å². The lowest BCUT2D eigenvalue weighted by Gasteiger charge is -2.14. The molecule has 1 aromatic carbocycles. The van der Waals surface area contributed by atoms with Crippen LogP contribution in [0.2, 0.25) is 0 Å². The van der Waals surface area contributed by atoms with Gasteiger partial charge in [-0.25, -0.2) is 0 Å². The van der Waals surface area contributed by atoms with Gasteiger partial charge in [-0.1, -0.05) is 36.4 Å². The van der Waals surface area contributed by atoms with Crippen molar-refractivity contribution in [2.75, 3.05) is 13.1 Å². The topological polar surface area (TPSA) is 87.3 Å². The Kier molecular flexibility index (Phi) is 6.51. The Morgan fingerprint density at radius 2 is 1.67 bits per heavy atom. The fourth-order valence-electron chi connectivity index (χ4n) is 2.01. The summed E-state index contributed by atoms with van der Waals surface area (Å²) in [4.78, 5) is 35.7. The van der Waals surface area contributed by atoms with E-state index in [2.05, 4.69) is 16.0 Å². The second-order valence-electron chi connectivity index (χ2n) is 5.14. The van der Waals surface area contributed by atoms with Gasteiger partial charge in [-0.15, -0.1) is 11.3 Å². The van der Waals surface area contributed by atoms with Gasteiger partial charge < -0.3 is 16.0 Å². The summed E-state index contributed by atoms with van der Waals surface area (Å²) in [6.45, 7) is 1.57. The quantitative estimate of drug-likeness (QED) is 0.710. The Balaban J connectivity index is 1.67. The standard InChI is InChI=1S/C17H19N3O3S/c1-12(13-6-3-2-4-7-13)20-16(22)11-18-15(21)10-19-17(23)14-8-5-9-24-14/h2-9,12H,10-11H2,1H3,(H,18,21)(H,19,23)(H,20,22)/t12-/m0/s1. The maximum atomic E-state index is 11.8. The van der Waals surface area contributed by atoms with Crippen molar-refractivity contribution >= 4 is 29.1 Å². The van der Waals surface area contributed by atoms with E-state index < -0.39 is 5.91 Å². The fraction of sp³-hybridized carbons (Fsp3) is 0.235. The molecule has 6 nitrogen and oxygen atoms in total. The van der Waals surface area contributed by atoms with E-state index in [-0.39, 0.29) is 30.9 Å². The van der Waals surface area contributed by atoms with E-state index in [1.165, 1.54) is 11.3 Å². The molecular weight excluding hydrogens is 326 g/mol. The van der Waals surface area contributed by atoms with Crippen molar-refractivity contribution in [2.45, 2.75) is 13.0 Å². The van der Waals surface area contributed by atoms with E-state index in [0.29, 0.717) is 4.88 Å². The Morgan fingerprint density at radius 1 is 0.958 bits per heavy atom. The van der Waals surface area contributed by atoms with Crippen LogP contribution >= 0.6 is 11.3 Å². The summed E-state index contributed by atoms with van der Waals surface area (Å²) in [6.07, 6.45) is 0. The molecule has 0 aliphatic carbocycles. The first-order valence-electron chi connectivity index (χ1n) is 7.49. The smallest absolute Gasteiger partial charge is 0.261 e. The summed E-state index contributed by atoms with van der Waals surface area (Å²) < 4.78 is 0. The van der Waals surface area contributed by atoms with Gasteiger partial charge in [0.15, 0.2) is 0 Å². The fourth-order valence-corrected chi connectivity index (χ4v) is 2.65. The number of amides is 3. The van der Waals surface area contributed by atoms with Crippen LogP contribution in [0.25, 0.3) is 0 Å². The van der Waals surface area contributed by atoms with Crippen LogP contribution in [0.3, 0.4) is 0 Å². The molecule has 24 heavy (non-hydrogen) atoms. The molecule has 0 radical (unpaired) electrons. The van der Waals surface area contributed by atoms with Crippen molar-refractivity contribution in [3.63, 3.8) is 0 Å². The predicted molar refractivity (Wildman–Crippen MR) is 92.7 cm³/mol. The van der Waals surface area contributed by atoms with E-state index in [1.54, 1.807) is 17.5 Å². The summed E-state index contributed by atoms with van der Waals surface area (Å²) in [5, 5.41) is 9.56. The van der Waals surface area contributed by atoms with Crippen LogP contribution < -0.4 is 16.0 Å². The van der Waals surface area contributed by atoms with Crippen molar-refractivity contribution in [3.05, 3.63) is 58.3 Å². The second kappa shape index (κ2) is 8.83. The molecule has 0 saturated carbocycles. The third-order valence-corrected chi connectivity index (χ3v) is 4.15. The number of benzene rings is 1. The van der Waals surface area contributed by atoms with Gasteiger partial charge in [-0.05, 0) is 23.9 Å². The highest BCUT2D eigenvalue weighted by Crippen LogP contribution is 2.10. The average molecular weight is 345 g/mol. The van der Waals surface area contributed by atoms with Crippen molar-refractivity contribution in [1.82, 2.24) is 16.0 Å². The largest absolute Gasteiger partial charge is 0.348 e. The molecule has 0 spiro atoms. The number of nitrogens with one attached hydrogen (secondary N) is 3. The van der Waals surface area contributed by atoms with E-state index in [9.17, 15) is 14.4 Å². The molecule has 0 aliphatic heterocycles. The Labute approximate surface area is 144 Å². The van der Waals surface area contributed by atoms with Gasteiger partial charge in [0.05, 0.1) is 24.0 Å². The highest BCUT2D eigenvalue weighted by molar-refractivity contribution is 7.12. The molecule has 3 amide bonds. The lowest BCUT2D eigenvalue weighted by molar-refractivity contribution is -0.125. The van der Waals surface area contributed by atoms with E-state index in [0.717, 1.165) is 5.56 Å². The van der Waals surface area contributed by atoms with Crippen molar-refractivity contribution in [1.29, 1.82) is 0 Å². The average Bonchev–Trinajstić information content (AvgIpc) is 3.13. The molecule has 7 heteroatoms. The van der Waals surface area contributed by atoms with Gasteiger partial charge in [0.2, 0.25) is 11.8 Å². The maximum Gasteiger partial charge on any atom is 0.261 e. The van der Waals surface area contributed by atoms with Crippen LogP contribution in [-0.2, 0) is 9.59 Å². The first-order valence-corrected chi connectivity index (χ1v) is 8.37. The third-order valence-electron chi connectivity index (χ3n) is 3.28. The lowest BCUT2D eigenvalue weighted by atomic mass is 10.1. The third kappa shape index (κ3) is 5.51. The number of hydrogen-bond acceptors (Lipinski definition) is 4. The zero-order valence-electron chi connectivity index (χ0n) is 13.2. The molecule has 0 aliphatic rings. The number of rotatable bonds is 7. The normalized spacial score (nSPS) is 11.4. The molecule has 3 N–H and O–H groups in total. The molecule has 0 saturated heterocycles. The van der Waals surface area contributed by atoms with Gasteiger partial charge in [0, 0.05) is 0 Å². The van der Waals surface area contributed by atoms with Gasteiger partial charge in [-0.3, -0.25) is 14.4 Å². The summed E-state index contributed by atoms with van der Waals surface area (Å²) in [6, 6.07) is 12.8. The van der Waals surface area contributed by atoms with Crippen LogP contribution in [0.1, 0.15) is 28.2 Å². The molecule has 1 aromatic heterocycles. The number of hydrogen-bond donors (Lipinski definition) is 3. The molecule has 0 bridgehead atoms. The van der Waals surface area contributed by atoms with Gasteiger partial charge >= 0.3 is 0 Å². The summed E-state index contributed by atoms with van der Waals surface area (Å²) in [5.41, 5.74) is 0.986. The van der Waals surface area contributed by atoms with Crippen LogP contribution in [0, 0.1) is 0 Å². The minimum atomic E-state index is -0.414. The zero-order valence-corrected chi connectivity index (χ0v) is 14.1. The maximum absolute atomic E-state index is 11.8. The Bertz CT molecular complexity index is 686.